The molecule has 0 saturated heterocycles. The summed E-state index contributed by atoms with van der Waals surface area (Å²) in [6.45, 7) is 9.53. The minimum atomic E-state index is -4.95. The highest BCUT2D eigenvalue weighted by Crippen LogP contribution is 2.45. The Morgan fingerprint density at radius 1 is 0.322 bits per heavy atom. The first kappa shape index (κ1) is 88.1. The molecule has 0 fully saturated rings. The zero-order valence-corrected chi connectivity index (χ0v) is 60.2. The summed E-state index contributed by atoms with van der Waals surface area (Å²) in [5, 5.41) is 10.6. The standard InChI is InChI=1S/C71H138O17P2/c1-7-10-12-14-16-17-18-19-23-26-29-36-42-48-54-69(74)82-60-67(87-70(75)55-49-43-37-30-27-24-21-20-22-25-28-35-40-46-52-64(6)9-3)62-86-90(79,80)84-58-65(72)57-83-89(77,78)85-61-66(59-81-68(73)53-47-41-33-15-13-11-8-2)88-71(76)56-50-44-38-32-31-34-39-45-51-63(4)5/h63-67,72H,7-62H2,1-6H3,(H,77,78)(H,79,80)/t64?,65-,66+,67+/m0/s1. The largest absolute Gasteiger partial charge is 0.472 e. The van der Waals surface area contributed by atoms with Crippen LogP contribution in [-0.4, -0.2) is 96.7 Å². The molecule has 3 N–H and O–H groups in total. The van der Waals surface area contributed by atoms with Gasteiger partial charge in [-0.05, 0) is 37.5 Å². The molecule has 3 unspecified atom stereocenters. The summed E-state index contributed by atoms with van der Waals surface area (Å²) in [4.78, 5) is 72.4. The van der Waals surface area contributed by atoms with Gasteiger partial charge in [0.1, 0.15) is 19.3 Å². The second-order valence-electron chi connectivity index (χ2n) is 26.3. The van der Waals surface area contributed by atoms with Crippen LogP contribution in [0.2, 0.25) is 0 Å². The second-order valence-corrected chi connectivity index (χ2v) is 29.3. The van der Waals surface area contributed by atoms with Crippen LogP contribution < -0.4 is 0 Å². The Morgan fingerprint density at radius 3 is 0.844 bits per heavy atom. The Bertz CT molecular complexity index is 1750. The van der Waals surface area contributed by atoms with Crippen molar-refractivity contribution < 1.29 is 80.2 Å². The molecule has 0 aromatic rings. The number of hydrogen-bond acceptors (Lipinski definition) is 15. The summed E-state index contributed by atoms with van der Waals surface area (Å²) in [7, 11) is -9.90. The number of phosphoric acid groups is 2. The van der Waals surface area contributed by atoms with E-state index in [0.29, 0.717) is 25.7 Å². The molecule has 0 amide bonds. The lowest BCUT2D eigenvalue weighted by molar-refractivity contribution is -0.161. The minimum absolute atomic E-state index is 0.104. The molecule has 0 aromatic carbocycles. The number of unbranched alkanes of at least 4 members (excludes halogenated alkanes) is 39. The molecule has 0 spiro atoms. The molecule has 0 aliphatic heterocycles. The zero-order chi connectivity index (χ0) is 66.5. The zero-order valence-electron chi connectivity index (χ0n) is 58.4. The third-order valence-corrected chi connectivity index (χ3v) is 18.7. The summed E-state index contributed by atoms with van der Waals surface area (Å²) < 4.78 is 68.2. The van der Waals surface area contributed by atoms with E-state index in [-0.39, 0.29) is 25.7 Å². The lowest BCUT2D eigenvalue weighted by Crippen LogP contribution is -2.30. The third kappa shape index (κ3) is 63.5. The normalized spacial score (nSPS) is 14.4. The van der Waals surface area contributed by atoms with Crippen LogP contribution in [0.25, 0.3) is 0 Å². The van der Waals surface area contributed by atoms with E-state index in [9.17, 15) is 43.2 Å². The number of aliphatic hydroxyl groups excluding tert-OH is 1. The molecule has 0 radical (unpaired) electrons. The van der Waals surface area contributed by atoms with E-state index in [2.05, 4.69) is 41.5 Å². The van der Waals surface area contributed by atoms with Crippen LogP contribution in [0, 0.1) is 11.8 Å². The number of carbonyl (C=O) groups is 4. The third-order valence-electron chi connectivity index (χ3n) is 16.8. The van der Waals surface area contributed by atoms with Crippen molar-refractivity contribution in [3.63, 3.8) is 0 Å². The molecule has 6 atom stereocenters. The van der Waals surface area contributed by atoms with Crippen molar-refractivity contribution in [3.8, 4) is 0 Å². The van der Waals surface area contributed by atoms with Crippen LogP contribution in [0.5, 0.6) is 0 Å². The van der Waals surface area contributed by atoms with E-state index in [1.54, 1.807) is 0 Å². The molecule has 534 valence electrons. The van der Waals surface area contributed by atoms with Gasteiger partial charge >= 0.3 is 39.5 Å². The van der Waals surface area contributed by atoms with Crippen molar-refractivity contribution in [2.75, 3.05) is 39.6 Å². The summed E-state index contributed by atoms with van der Waals surface area (Å²) in [6.07, 6.45) is 48.7. The van der Waals surface area contributed by atoms with Gasteiger partial charge in [0.05, 0.1) is 26.4 Å². The van der Waals surface area contributed by atoms with Gasteiger partial charge in [-0.25, -0.2) is 9.13 Å². The number of aliphatic hydroxyl groups is 1. The fraction of sp³-hybridized carbons (Fsp3) is 0.944. The number of hydrogen-bond donors (Lipinski definition) is 3. The minimum Gasteiger partial charge on any atom is -0.462 e. The first-order valence-electron chi connectivity index (χ1n) is 37.0. The van der Waals surface area contributed by atoms with E-state index in [4.69, 9.17) is 37.0 Å². The van der Waals surface area contributed by atoms with Gasteiger partial charge in [-0.15, -0.1) is 0 Å². The number of rotatable bonds is 70. The van der Waals surface area contributed by atoms with Gasteiger partial charge < -0.3 is 33.8 Å². The first-order chi connectivity index (χ1) is 43.4. The fourth-order valence-corrected chi connectivity index (χ4v) is 12.3. The summed E-state index contributed by atoms with van der Waals surface area (Å²) in [6, 6.07) is 0. The lowest BCUT2D eigenvalue weighted by Gasteiger charge is -2.21. The van der Waals surface area contributed by atoms with Crippen molar-refractivity contribution in [3.05, 3.63) is 0 Å². The molecule has 19 heteroatoms. The van der Waals surface area contributed by atoms with Gasteiger partial charge in [0.25, 0.3) is 0 Å². The van der Waals surface area contributed by atoms with Gasteiger partial charge in [-0.2, -0.15) is 0 Å². The van der Waals surface area contributed by atoms with Crippen molar-refractivity contribution >= 4 is 39.5 Å². The van der Waals surface area contributed by atoms with E-state index in [0.717, 1.165) is 115 Å². The molecule has 0 aromatic heterocycles. The number of carbonyl (C=O) groups excluding carboxylic acids is 4. The average Bonchev–Trinajstić information content (AvgIpc) is 2.73. The van der Waals surface area contributed by atoms with Gasteiger partial charge in [0.15, 0.2) is 12.2 Å². The Hall–Kier alpha value is -1.94. The summed E-state index contributed by atoms with van der Waals surface area (Å²) in [5.41, 5.74) is 0. The van der Waals surface area contributed by atoms with Crippen molar-refractivity contribution in [1.29, 1.82) is 0 Å². The highest BCUT2D eigenvalue weighted by molar-refractivity contribution is 7.47. The monoisotopic (exact) mass is 1320 g/mol. The molecule has 0 saturated carbocycles. The predicted molar refractivity (Wildman–Crippen MR) is 363 cm³/mol. The molecular formula is C71H138O17P2. The van der Waals surface area contributed by atoms with Gasteiger partial charge in [-0.3, -0.25) is 37.3 Å². The van der Waals surface area contributed by atoms with Gasteiger partial charge in [0, 0.05) is 25.7 Å². The lowest BCUT2D eigenvalue weighted by atomic mass is 9.99. The van der Waals surface area contributed by atoms with Crippen LogP contribution in [0.4, 0.5) is 0 Å². The van der Waals surface area contributed by atoms with Crippen LogP contribution >= 0.6 is 15.6 Å². The summed E-state index contributed by atoms with van der Waals surface area (Å²) >= 11 is 0. The molecule has 90 heavy (non-hydrogen) atoms. The maximum Gasteiger partial charge on any atom is 0.472 e. The van der Waals surface area contributed by atoms with E-state index in [1.165, 1.54) is 167 Å². The van der Waals surface area contributed by atoms with E-state index < -0.39 is 97.5 Å². The molecule has 0 aliphatic rings. The van der Waals surface area contributed by atoms with E-state index in [1.807, 2.05) is 0 Å². The Labute approximate surface area is 549 Å². The van der Waals surface area contributed by atoms with Crippen molar-refractivity contribution in [2.24, 2.45) is 11.8 Å². The smallest absolute Gasteiger partial charge is 0.462 e. The Kier molecular flexibility index (Phi) is 61.8. The van der Waals surface area contributed by atoms with Crippen LogP contribution in [0.15, 0.2) is 0 Å². The topological polar surface area (TPSA) is 237 Å². The second kappa shape index (κ2) is 63.1. The predicted octanol–water partition coefficient (Wildman–Crippen LogP) is 20.4. The molecule has 0 aliphatic carbocycles. The van der Waals surface area contributed by atoms with Gasteiger partial charge in [-0.1, -0.05) is 311 Å². The van der Waals surface area contributed by atoms with Crippen molar-refractivity contribution in [2.45, 2.75) is 381 Å². The number of phosphoric ester groups is 2. The maximum absolute atomic E-state index is 13.0. The molecule has 0 rings (SSSR count). The molecule has 0 heterocycles. The van der Waals surface area contributed by atoms with Crippen LogP contribution in [0.3, 0.4) is 0 Å². The van der Waals surface area contributed by atoms with Crippen molar-refractivity contribution in [1.82, 2.24) is 0 Å². The fourth-order valence-electron chi connectivity index (χ4n) is 10.7. The van der Waals surface area contributed by atoms with E-state index >= 15 is 0 Å². The first-order valence-corrected chi connectivity index (χ1v) is 40.0. The molecular weight excluding hydrogens is 1190 g/mol. The van der Waals surface area contributed by atoms with Gasteiger partial charge in [0.2, 0.25) is 0 Å². The average molecular weight is 1330 g/mol. The Balaban J connectivity index is 5.20. The number of esters is 4. The molecule has 0 bridgehead atoms. The number of ether oxygens (including phenoxy) is 4. The Morgan fingerprint density at radius 2 is 0.567 bits per heavy atom. The van der Waals surface area contributed by atoms with Crippen LogP contribution in [-0.2, 0) is 65.4 Å². The molecule has 17 nitrogen and oxygen atoms in total. The highest BCUT2D eigenvalue weighted by atomic mass is 31.2. The highest BCUT2D eigenvalue weighted by Gasteiger charge is 2.30. The SMILES string of the molecule is CCCCCCCCCCCCCCCCC(=O)OC[C@H](COP(=O)(O)OC[C@@H](O)COP(=O)(O)OC[C@@H](COC(=O)CCCCCCCCC)OC(=O)CCCCCCCCCCC(C)C)OC(=O)CCCCCCCCCCCCCCCCC(C)CC. The quantitative estimate of drug-likeness (QED) is 0.0222. The van der Waals surface area contributed by atoms with Crippen LogP contribution in [0.1, 0.15) is 363 Å². The summed E-state index contributed by atoms with van der Waals surface area (Å²) in [5.74, 6) is -0.563. The maximum atomic E-state index is 13.0.